The van der Waals surface area contributed by atoms with Gasteiger partial charge in [-0.1, -0.05) is 24.3 Å². The van der Waals surface area contributed by atoms with E-state index in [4.69, 9.17) is 0 Å². The van der Waals surface area contributed by atoms with Crippen molar-refractivity contribution in [3.63, 3.8) is 0 Å². The molecule has 1 aliphatic rings. The maximum atomic E-state index is 11.9. The predicted molar refractivity (Wildman–Crippen MR) is 98.4 cm³/mol. The molecular weight excluding hydrogens is 336 g/mol. The first-order valence-electron chi connectivity index (χ1n) is 8.42. The molecule has 2 heterocycles. The monoisotopic (exact) mass is 360 g/mol. The molecule has 3 rings (SSSR count). The van der Waals surface area contributed by atoms with Gasteiger partial charge in [-0.2, -0.15) is 0 Å². The second-order valence-electron chi connectivity index (χ2n) is 6.70. The lowest BCUT2D eigenvalue weighted by atomic mass is 10.00. The van der Waals surface area contributed by atoms with E-state index in [0.717, 1.165) is 26.1 Å². The van der Waals surface area contributed by atoms with Crippen molar-refractivity contribution in [1.29, 1.82) is 0 Å². The van der Waals surface area contributed by atoms with Gasteiger partial charge in [0.25, 0.3) is 0 Å². The molecule has 1 unspecified atom stereocenters. The van der Waals surface area contributed by atoms with Crippen molar-refractivity contribution in [2.45, 2.75) is 37.8 Å². The summed E-state index contributed by atoms with van der Waals surface area (Å²) >= 11 is 0. The molecular formula is C18H24N4O2S. The van der Waals surface area contributed by atoms with Crippen LogP contribution in [0.5, 0.6) is 0 Å². The minimum Gasteiger partial charge on any atom is -0.365 e. The van der Waals surface area contributed by atoms with E-state index >= 15 is 0 Å². The summed E-state index contributed by atoms with van der Waals surface area (Å²) in [4.78, 5) is 10.8. The minimum atomic E-state index is -3.37. The summed E-state index contributed by atoms with van der Waals surface area (Å²) in [7, 11) is -3.37. The molecule has 1 N–H and O–H groups in total. The van der Waals surface area contributed by atoms with Gasteiger partial charge in [0.1, 0.15) is 16.5 Å². The summed E-state index contributed by atoms with van der Waals surface area (Å²) in [6, 6.07) is 8.60. The Morgan fingerprint density at radius 2 is 2.00 bits per heavy atom. The number of fused-ring (bicyclic) bond motifs is 1. The highest BCUT2D eigenvalue weighted by atomic mass is 32.2. The van der Waals surface area contributed by atoms with Gasteiger partial charge < -0.3 is 5.32 Å². The molecule has 1 aliphatic heterocycles. The van der Waals surface area contributed by atoms with Gasteiger partial charge in [0.05, 0.1) is 6.20 Å². The van der Waals surface area contributed by atoms with Crippen LogP contribution >= 0.6 is 0 Å². The van der Waals surface area contributed by atoms with Crippen molar-refractivity contribution >= 4 is 15.7 Å². The zero-order valence-electron chi connectivity index (χ0n) is 14.9. The smallest absolute Gasteiger partial charge is 0.180 e. The molecule has 0 aliphatic carbocycles. The number of nitrogens with one attached hydrogen (secondary N) is 1. The second-order valence-corrected chi connectivity index (χ2v) is 8.69. The van der Waals surface area contributed by atoms with Crippen molar-refractivity contribution in [3.05, 3.63) is 47.4 Å². The quantitative estimate of drug-likeness (QED) is 0.879. The first kappa shape index (κ1) is 17.8. The Kier molecular flexibility index (Phi) is 5.06. The SMILES string of the molecule is Cc1ncc(S(C)(=O)=O)c(NC(C)CN2CCc3ccccc3C2)n1. The molecule has 1 aromatic heterocycles. The Bertz CT molecular complexity index is 867. The lowest BCUT2D eigenvalue weighted by Crippen LogP contribution is -2.38. The Morgan fingerprint density at radius 3 is 2.72 bits per heavy atom. The summed E-state index contributed by atoms with van der Waals surface area (Å²) < 4.78 is 23.9. The van der Waals surface area contributed by atoms with Crippen LogP contribution in [0.3, 0.4) is 0 Å². The lowest BCUT2D eigenvalue weighted by Gasteiger charge is -2.31. The van der Waals surface area contributed by atoms with Crippen molar-refractivity contribution < 1.29 is 8.42 Å². The van der Waals surface area contributed by atoms with Crippen LogP contribution in [0, 0.1) is 6.92 Å². The van der Waals surface area contributed by atoms with Crippen LogP contribution in [0.25, 0.3) is 0 Å². The summed E-state index contributed by atoms with van der Waals surface area (Å²) in [5, 5.41) is 3.26. The molecule has 2 aromatic rings. The molecule has 0 bridgehead atoms. The maximum Gasteiger partial charge on any atom is 0.180 e. The van der Waals surface area contributed by atoms with E-state index < -0.39 is 9.84 Å². The highest BCUT2D eigenvalue weighted by Gasteiger charge is 2.20. The van der Waals surface area contributed by atoms with E-state index in [1.807, 2.05) is 6.92 Å². The van der Waals surface area contributed by atoms with Gasteiger partial charge in [-0.15, -0.1) is 0 Å². The van der Waals surface area contributed by atoms with Crippen LogP contribution in [0.2, 0.25) is 0 Å². The fourth-order valence-electron chi connectivity index (χ4n) is 3.21. The van der Waals surface area contributed by atoms with Gasteiger partial charge in [-0.25, -0.2) is 18.4 Å². The molecule has 0 fully saturated rings. The number of benzene rings is 1. The lowest BCUT2D eigenvalue weighted by molar-refractivity contribution is 0.247. The fraction of sp³-hybridized carbons (Fsp3) is 0.444. The topological polar surface area (TPSA) is 75.2 Å². The number of rotatable bonds is 5. The van der Waals surface area contributed by atoms with Gasteiger partial charge in [-0.05, 0) is 31.4 Å². The number of aromatic nitrogens is 2. The standard InChI is InChI=1S/C18H24N4O2S/c1-13(11-22-9-8-15-6-4-5-7-16(15)12-22)20-18-17(25(3,23)24)10-19-14(2)21-18/h4-7,10,13H,8-9,11-12H2,1-3H3,(H,19,20,21). The summed E-state index contributed by atoms with van der Waals surface area (Å²) in [6.07, 6.45) is 3.60. The zero-order chi connectivity index (χ0) is 18.0. The molecule has 25 heavy (non-hydrogen) atoms. The van der Waals surface area contributed by atoms with E-state index in [-0.39, 0.29) is 10.9 Å². The highest BCUT2D eigenvalue weighted by molar-refractivity contribution is 7.90. The van der Waals surface area contributed by atoms with Gasteiger partial charge in [0.15, 0.2) is 9.84 Å². The Morgan fingerprint density at radius 1 is 1.28 bits per heavy atom. The molecule has 1 atom stereocenters. The van der Waals surface area contributed by atoms with Crippen LogP contribution < -0.4 is 5.32 Å². The number of hydrogen-bond acceptors (Lipinski definition) is 6. The number of hydrogen-bond donors (Lipinski definition) is 1. The van der Waals surface area contributed by atoms with Crippen LogP contribution in [0.4, 0.5) is 5.82 Å². The third-order valence-electron chi connectivity index (χ3n) is 4.40. The van der Waals surface area contributed by atoms with E-state index in [0.29, 0.717) is 11.6 Å². The Balaban J connectivity index is 1.70. The number of anilines is 1. The number of aryl methyl sites for hydroxylation is 1. The number of sulfone groups is 1. The Hall–Kier alpha value is -1.99. The van der Waals surface area contributed by atoms with Crippen LogP contribution in [0.15, 0.2) is 35.4 Å². The predicted octanol–water partition coefficient (Wildman–Crippen LogP) is 2.05. The van der Waals surface area contributed by atoms with E-state index in [1.54, 1.807) is 6.92 Å². The molecule has 1 aromatic carbocycles. The molecule has 0 saturated heterocycles. The van der Waals surface area contributed by atoms with Crippen LogP contribution in [0.1, 0.15) is 23.9 Å². The molecule has 0 saturated carbocycles. The van der Waals surface area contributed by atoms with Crippen LogP contribution in [-0.4, -0.2) is 48.7 Å². The van der Waals surface area contributed by atoms with Crippen molar-refractivity contribution in [2.75, 3.05) is 24.7 Å². The largest absolute Gasteiger partial charge is 0.365 e. The van der Waals surface area contributed by atoms with Crippen molar-refractivity contribution in [2.24, 2.45) is 0 Å². The molecule has 0 radical (unpaired) electrons. The minimum absolute atomic E-state index is 0.0695. The third kappa shape index (κ3) is 4.35. The fourth-order valence-corrected chi connectivity index (χ4v) is 3.91. The van der Waals surface area contributed by atoms with Crippen molar-refractivity contribution in [1.82, 2.24) is 14.9 Å². The first-order valence-corrected chi connectivity index (χ1v) is 10.3. The highest BCUT2D eigenvalue weighted by Crippen LogP contribution is 2.21. The van der Waals surface area contributed by atoms with Crippen molar-refractivity contribution in [3.8, 4) is 0 Å². The summed E-state index contributed by atoms with van der Waals surface area (Å²) in [5.41, 5.74) is 2.79. The van der Waals surface area contributed by atoms with E-state index in [9.17, 15) is 8.42 Å². The maximum absolute atomic E-state index is 11.9. The van der Waals surface area contributed by atoms with Crippen LogP contribution in [-0.2, 0) is 22.8 Å². The van der Waals surface area contributed by atoms with Gasteiger partial charge >= 0.3 is 0 Å². The molecule has 0 spiro atoms. The average molecular weight is 360 g/mol. The van der Waals surface area contributed by atoms with E-state index in [2.05, 4.69) is 44.5 Å². The molecule has 7 heteroatoms. The summed E-state index contributed by atoms with van der Waals surface area (Å²) in [6.45, 7) is 6.54. The average Bonchev–Trinajstić information content (AvgIpc) is 2.53. The van der Waals surface area contributed by atoms with E-state index in [1.165, 1.54) is 23.6 Å². The number of nitrogens with zero attached hydrogens (tertiary/aromatic N) is 3. The van der Waals surface area contributed by atoms with Gasteiger partial charge in [-0.3, -0.25) is 4.90 Å². The van der Waals surface area contributed by atoms with Gasteiger partial charge in [0, 0.05) is 31.9 Å². The normalized spacial score (nSPS) is 16.3. The molecule has 0 amide bonds. The Labute approximate surface area is 149 Å². The molecule has 134 valence electrons. The third-order valence-corrected chi connectivity index (χ3v) is 5.50. The second kappa shape index (κ2) is 7.09. The first-order chi connectivity index (χ1) is 11.8. The van der Waals surface area contributed by atoms with Gasteiger partial charge in [0.2, 0.25) is 0 Å². The zero-order valence-corrected chi connectivity index (χ0v) is 15.7. The molecule has 6 nitrogen and oxygen atoms in total. The summed E-state index contributed by atoms with van der Waals surface area (Å²) in [5.74, 6) is 0.939.